The molecule has 0 saturated carbocycles. The van der Waals surface area contributed by atoms with Crippen LogP contribution in [0.5, 0.6) is 0 Å². The lowest BCUT2D eigenvalue weighted by atomic mass is 10.1. The molecule has 0 spiro atoms. The second kappa shape index (κ2) is 5.19. The molecule has 0 unspecified atom stereocenters. The second-order valence-corrected chi connectivity index (χ2v) is 3.30. The normalized spacial score (nSPS) is 10.8. The minimum absolute atomic E-state index is 0.0614. The lowest BCUT2D eigenvalue weighted by Crippen LogP contribution is -1.84. The largest absolute Gasteiger partial charge is 0.392 e. The fourth-order valence-corrected chi connectivity index (χ4v) is 1.40. The number of hydrogen-bond acceptors (Lipinski definition) is 3. The number of aliphatic hydroxyl groups excluding tert-OH is 1. The van der Waals surface area contributed by atoms with E-state index in [0.29, 0.717) is 0 Å². The van der Waals surface area contributed by atoms with Crippen molar-refractivity contribution in [3.8, 4) is 11.3 Å². The van der Waals surface area contributed by atoms with Gasteiger partial charge in [0.2, 0.25) is 0 Å². The van der Waals surface area contributed by atoms with Gasteiger partial charge in [-0.05, 0) is 5.56 Å². The number of aromatic nitrogens is 2. The molecule has 0 aliphatic rings. The van der Waals surface area contributed by atoms with Crippen LogP contribution in [0.15, 0.2) is 48.9 Å². The highest BCUT2D eigenvalue weighted by molar-refractivity contribution is 5.61. The summed E-state index contributed by atoms with van der Waals surface area (Å²) >= 11 is 0. The monoisotopic (exact) mass is 212 g/mol. The molecule has 2 rings (SSSR count). The Bertz CT molecular complexity index is 463. The number of rotatable bonds is 3. The fraction of sp³-hybridized carbons (Fsp3) is 0.0769. The van der Waals surface area contributed by atoms with Crippen LogP contribution in [0.2, 0.25) is 0 Å². The second-order valence-electron chi connectivity index (χ2n) is 3.30. The summed E-state index contributed by atoms with van der Waals surface area (Å²) in [6.07, 6.45) is 8.65. The zero-order valence-corrected chi connectivity index (χ0v) is 8.74. The molecule has 0 saturated heterocycles. The SMILES string of the molecule is OCC=Cc1ccc(-c2cnccn2)cc1. The molecular formula is C13H12N2O. The van der Waals surface area contributed by atoms with Crippen molar-refractivity contribution in [3.05, 3.63) is 54.5 Å². The van der Waals surface area contributed by atoms with E-state index in [1.54, 1.807) is 24.7 Å². The highest BCUT2D eigenvalue weighted by Gasteiger charge is 1.97. The van der Waals surface area contributed by atoms with E-state index in [-0.39, 0.29) is 6.61 Å². The van der Waals surface area contributed by atoms with Gasteiger partial charge in [0.25, 0.3) is 0 Å². The summed E-state index contributed by atoms with van der Waals surface area (Å²) in [7, 11) is 0. The summed E-state index contributed by atoms with van der Waals surface area (Å²) in [5.74, 6) is 0. The molecule has 0 fully saturated rings. The van der Waals surface area contributed by atoms with Crippen LogP contribution in [0, 0.1) is 0 Å². The van der Waals surface area contributed by atoms with E-state index in [0.717, 1.165) is 16.8 Å². The van der Waals surface area contributed by atoms with Crippen LogP contribution in [-0.2, 0) is 0 Å². The van der Waals surface area contributed by atoms with Crippen LogP contribution >= 0.6 is 0 Å². The fourth-order valence-electron chi connectivity index (χ4n) is 1.40. The maximum absolute atomic E-state index is 8.66. The quantitative estimate of drug-likeness (QED) is 0.847. The van der Waals surface area contributed by atoms with Crippen molar-refractivity contribution >= 4 is 6.08 Å². The van der Waals surface area contributed by atoms with Gasteiger partial charge in [0.05, 0.1) is 18.5 Å². The molecule has 1 N–H and O–H groups in total. The standard InChI is InChI=1S/C13H12N2O/c16-9-1-2-11-3-5-12(6-4-11)13-10-14-7-8-15-13/h1-8,10,16H,9H2. The van der Waals surface area contributed by atoms with Crippen molar-refractivity contribution in [2.75, 3.05) is 6.61 Å². The van der Waals surface area contributed by atoms with Gasteiger partial charge in [-0.1, -0.05) is 36.4 Å². The summed E-state index contributed by atoms with van der Waals surface area (Å²) in [4.78, 5) is 8.24. The Kier molecular flexibility index (Phi) is 3.41. The molecule has 1 aromatic heterocycles. The summed E-state index contributed by atoms with van der Waals surface area (Å²) in [6.45, 7) is 0.0614. The van der Waals surface area contributed by atoms with Crippen LogP contribution in [0.3, 0.4) is 0 Å². The zero-order chi connectivity index (χ0) is 11.2. The molecule has 0 radical (unpaired) electrons. The Balaban J connectivity index is 2.23. The van der Waals surface area contributed by atoms with Gasteiger partial charge in [-0.2, -0.15) is 0 Å². The van der Waals surface area contributed by atoms with Crippen LogP contribution in [0.25, 0.3) is 17.3 Å². The van der Waals surface area contributed by atoms with E-state index >= 15 is 0 Å². The maximum atomic E-state index is 8.66. The van der Waals surface area contributed by atoms with Crippen molar-refractivity contribution in [1.82, 2.24) is 9.97 Å². The summed E-state index contributed by atoms with van der Waals surface area (Å²) in [5, 5.41) is 8.66. The molecule has 3 nitrogen and oxygen atoms in total. The van der Waals surface area contributed by atoms with Gasteiger partial charge in [0, 0.05) is 18.0 Å². The van der Waals surface area contributed by atoms with Crippen molar-refractivity contribution < 1.29 is 5.11 Å². The highest BCUT2D eigenvalue weighted by Crippen LogP contribution is 2.16. The van der Waals surface area contributed by atoms with Crippen LogP contribution in [0.1, 0.15) is 5.56 Å². The first-order chi connectivity index (χ1) is 7.90. The minimum Gasteiger partial charge on any atom is -0.392 e. The molecule has 0 amide bonds. The predicted octanol–water partition coefficient (Wildman–Crippen LogP) is 2.15. The Morgan fingerprint density at radius 1 is 1.12 bits per heavy atom. The zero-order valence-electron chi connectivity index (χ0n) is 8.74. The molecule has 0 atom stereocenters. The van der Waals surface area contributed by atoms with Crippen molar-refractivity contribution in [3.63, 3.8) is 0 Å². The third-order valence-corrected chi connectivity index (χ3v) is 2.19. The van der Waals surface area contributed by atoms with Gasteiger partial charge in [-0.25, -0.2) is 0 Å². The van der Waals surface area contributed by atoms with E-state index in [1.807, 2.05) is 30.3 Å². The first kappa shape index (κ1) is 10.5. The first-order valence-electron chi connectivity index (χ1n) is 5.04. The first-order valence-corrected chi connectivity index (χ1v) is 5.04. The lowest BCUT2D eigenvalue weighted by Gasteiger charge is -2.00. The summed E-state index contributed by atoms with van der Waals surface area (Å²) in [5.41, 5.74) is 2.95. The lowest BCUT2D eigenvalue weighted by molar-refractivity contribution is 0.343. The number of aliphatic hydroxyl groups is 1. The van der Waals surface area contributed by atoms with E-state index in [1.165, 1.54) is 0 Å². The van der Waals surface area contributed by atoms with Crippen LogP contribution in [0.4, 0.5) is 0 Å². The number of benzene rings is 1. The van der Waals surface area contributed by atoms with Gasteiger partial charge in [0.1, 0.15) is 0 Å². The Morgan fingerprint density at radius 3 is 2.56 bits per heavy atom. The van der Waals surface area contributed by atoms with Crippen molar-refractivity contribution in [2.45, 2.75) is 0 Å². The summed E-state index contributed by atoms with van der Waals surface area (Å²) < 4.78 is 0. The molecule has 80 valence electrons. The summed E-state index contributed by atoms with van der Waals surface area (Å²) in [6, 6.07) is 7.94. The average molecular weight is 212 g/mol. The molecule has 3 heteroatoms. The van der Waals surface area contributed by atoms with Gasteiger partial charge >= 0.3 is 0 Å². The maximum Gasteiger partial charge on any atom is 0.0885 e. The van der Waals surface area contributed by atoms with Gasteiger partial charge in [-0.15, -0.1) is 0 Å². The van der Waals surface area contributed by atoms with Crippen molar-refractivity contribution in [2.24, 2.45) is 0 Å². The molecule has 0 bridgehead atoms. The Hall–Kier alpha value is -2.00. The topological polar surface area (TPSA) is 46.0 Å². The van der Waals surface area contributed by atoms with Gasteiger partial charge < -0.3 is 5.11 Å². The number of nitrogens with zero attached hydrogens (tertiary/aromatic N) is 2. The Morgan fingerprint density at radius 2 is 1.94 bits per heavy atom. The molecule has 0 aliphatic carbocycles. The van der Waals surface area contributed by atoms with Crippen molar-refractivity contribution in [1.29, 1.82) is 0 Å². The van der Waals surface area contributed by atoms with Gasteiger partial charge in [-0.3, -0.25) is 9.97 Å². The molecule has 2 aromatic rings. The van der Waals surface area contributed by atoms with E-state index in [4.69, 9.17) is 5.11 Å². The molecule has 0 aliphatic heterocycles. The molecule has 1 heterocycles. The third kappa shape index (κ3) is 2.52. The van der Waals surface area contributed by atoms with E-state index in [9.17, 15) is 0 Å². The van der Waals surface area contributed by atoms with Crippen LogP contribution in [-0.4, -0.2) is 21.7 Å². The highest BCUT2D eigenvalue weighted by atomic mass is 16.2. The molecule has 16 heavy (non-hydrogen) atoms. The molecular weight excluding hydrogens is 200 g/mol. The minimum atomic E-state index is 0.0614. The van der Waals surface area contributed by atoms with Crippen LogP contribution < -0.4 is 0 Å². The third-order valence-electron chi connectivity index (χ3n) is 2.19. The molecule has 1 aromatic carbocycles. The van der Waals surface area contributed by atoms with E-state index < -0.39 is 0 Å². The predicted molar refractivity (Wildman–Crippen MR) is 63.6 cm³/mol. The smallest absolute Gasteiger partial charge is 0.0885 e. The van der Waals surface area contributed by atoms with Gasteiger partial charge in [0.15, 0.2) is 0 Å². The Labute approximate surface area is 94.1 Å². The van der Waals surface area contributed by atoms with E-state index in [2.05, 4.69) is 9.97 Å². The average Bonchev–Trinajstić information content (AvgIpc) is 2.38. The number of hydrogen-bond donors (Lipinski definition) is 1.